The molecule has 0 radical (unpaired) electrons. The molecule has 0 spiro atoms. The standard InChI is InChI=1S/C11H9N3O3S/c12-10(16)13-14-9(15)8(18-11(14)17)6-7-4-2-1-3-5-7/h1-6H,(H3,12,13,16)/b8-6-. The molecule has 1 fully saturated rings. The fraction of sp³-hybridized carbons (Fsp3) is 0. The van der Waals surface area contributed by atoms with Crippen LogP contribution in [0.4, 0.5) is 9.59 Å². The van der Waals surface area contributed by atoms with Crippen LogP contribution < -0.4 is 11.2 Å². The zero-order valence-corrected chi connectivity index (χ0v) is 9.94. The molecule has 1 aliphatic heterocycles. The lowest BCUT2D eigenvalue weighted by Gasteiger charge is -2.10. The van der Waals surface area contributed by atoms with Gasteiger partial charge in [0, 0.05) is 0 Å². The summed E-state index contributed by atoms with van der Waals surface area (Å²) in [6.45, 7) is 0. The van der Waals surface area contributed by atoms with Gasteiger partial charge < -0.3 is 5.73 Å². The summed E-state index contributed by atoms with van der Waals surface area (Å²) in [5.74, 6) is -0.590. The van der Waals surface area contributed by atoms with E-state index in [-0.39, 0.29) is 4.91 Å². The summed E-state index contributed by atoms with van der Waals surface area (Å²) in [6.07, 6.45) is 1.58. The summed E-state index contributed by atoms with van der Waals surface area (Å²) in [7, 11) is 0. The maximum atomic E-state index is 11.8. The molecule has 0 aromatic heterocycles. The molecule has 1 aliphatic rings. The average Bonchev–Trinajstić information content (AvgIpc) is 2.58. The second-order valence-electron chi connectivity index (χ2n) is 3.40. The Labute approximate surface area is 107 Å². The SMILES string of the molecule is NC(=O)NN1C(=O)S/C(=C\c2ccccc2)C1=O. The second kappa shape index (κ2) is 4.92. The van der Waals surface area contributed by atoms with E-state index in [0.29, 0.717) is 5.01 Å². The molecule has 1 saturated heterocycles. The Kier molecular flexibility index (Phi) is 3.33. The number of carbonyl (C=O) groups excluding carboxylic acids is 3. The quantitative estimate of drug-likeness (QED) is 0.787. The molecule has 7 heteroatoms. The van der Waals surface area contributed by atoms with Crippen LogP contribution in [0.25, 0.3) is 6.08 Å². The lowest BCUT2D eigenvalue weighted by atomic mass is 10.2. The van der Waals surface area contributed by atoms with Gasteiger partial charge in [-0.15, -0.1) is 0 Å². The number of rotatable bonds is 2. The van der Waals surface area contributed by atoms with E-state index in [4.69, 9.17) is 5.73 Å². The van der Waals surface area contributed by atoms with Gasteiger partial charge in [-0.25, -0.2) is 10.2 Å². The number of benzene rings is 1. The van der Waals surface area contributed by atoms with Gasteiger partial charge in [-0.3, -0.25) is 9.59 Å². The van der Waals surface area contributed by atoms with Crippen molar-refractivity contribution in [3.63, 3.8) is 0 Å². The minimum Gasteiger partial charge on any atom is -0.350 e. The summed E-state index contributed by atoms with van der Waals surface area (Å²) in [5.41, 5.74) is 7.63. The molecule has 92 valence electrons. The Morgan fingerprint density at radius 2 is 1.94 bits per heavy atom. The summed E-state index contributed by atoms with van der Waals surface area (Å²) in [6, 6.07) is 8.12. The van der Waals surface area contributed by atoms with Gasteiger partial charge in [0.15, 0.2) is 0 Å². The Balaban J connectivity index is 2.23. The molecule has 6 nitrogen and oxygen atoms in total. The number of thioether (sulfide) groups is 1. The van der Waals surface area contributed by atoms with E-state index in [0.717, 1.165) is 17.3 Å². The Hall–Kier alpha value is -2.28. The summed E-state index contributed by atoms with van der Waals surface area (Å²) in [4.78, 5) is 34.2. The topological polar surface area (TPSA) is 92.5 Å². The number of nitrogens with zero attached hydrogens (tertiary/aromatic N) is 1. The van der Waals surface area contributed by atoms with Crippen LogP contribution >= 0.6 is 11.8 Å². The second-order valence-corrected chi connectivity index (χ2v) is 4.40. The first-order valence-electron chi connectivity index (χ1n) is 4.97. The number of urea groups is 1. The number of nitrogens with two attached hydrogens (primary N) is 1. The molecule has 1 heterocycles. The highest BCUT2D eigenvalue weighted by molar-refractivity contribution is 8.18. The van der Waals surface area contributed by atoms with Gasteiger partial charge in [0.1, 0.15) is 0 Å². The minimum absolute atomic E-state index is 0.236. The fourth-order valence-corrected chi connectivity index (χ4v) is 2.16. The molecule has 0 saturated carbocycles. The van der Waals surface area contributed by atoms with E-state index in [1.165, 1.54) is 0 Å². The van der Waals surface area contributed by atoms with Crippen molar-refractivity contribution in [2.24, 2.45) is 5.73 Å². The number of hydrogen-bond acceptors (Lipinski definition) is 4. The predicted octanol–water partition coefficient (Wildman–Crippen LogP) is 1.31. The predicted molar refractivity (Wildman–Crippen MR) is 67.0 cm³/mol. The first-order chi connectivity index (χ1) is 8.58. The van der Waals surface area contributed by atoms with Crippen molar-refractivity contribution in [1.82, 2.24) is 10.4 Å². The van der Waals surface area contributed by atoms with Crippen LogP contribution in [0, 0.1) is 0 Å². The molecule has 2 rings (SSSR count). The van der Waals surface area contributed by atoms with Crippen molar-refractivity contribution >= 4 is 35.0 Å². The number of hydrogen-bond donors (Lipinski definition) is 2. The third kappa shape index (κ3) is 2.51. The molecule has 0 aliphatic carbocycles. The smallest absolute Gasteiger partial charge is 0.331 e. The number of carbonyl (C=O) groups is 3. The van der Waals surface area contributed by atoms with Crippen LogP contribution in [0.3, 0.4) is 0 Å². The molecule has 1 aromatic carbocycles. The lowest BCUT2D eigenvalue weighted by molar-refractivity contribution is -0.124. The van der Waals surface area contributed by atoms with Gasteiger partial charge in [-0.2, -0.15) is 5.01 Å². The molecular formula is C11H9N3O3S. The highest BCUT2D eigenvalue weighted by Crippen LogP contribution is 2.30. The van der Waals surface area contributed by atoms with E-state index in [1.807, 2.05) is 23.6 Å². The number of nitrogens with one attached hydrogen (secondary N) is 1. The molecule has 3 N–H and O–H groups in total. The third-order valence-corrected chi connectivity index (χ3v) is 2.98. The van der Waals surface area contributed by atoms with Gasteiger partial charge in [0.05, 0.1) is 4.91 Å². The van der Waals surface area contributed by atoms with Gasteiger partial charge in [0.2, 0.25) is 0 Å². The van der Waals surface area contributed by atoms with Crippen molar-refractivity contribution in [3.05, 3.63) is 40.8 Å². The van der Waals surface area contributed by atoms with Crippen LogP contribution in [0.1, 0.15) is 5.56 Å². The van der Waals surface area contributed by atoms with Gasteiger partial charge in [-0.05, 0) is 23.4 Å². The van der Waals surface area contributed by atoms with Crippen LogP contribution in [0.15, 0.2) is 35.2 Å². The maximum absolute atomic E-state index is 11.8. The van der Waals surface area contributed by atoms with Crippen LogP contribution in [0.2, 0.25) is 0 Å². The van der Waals surface area contributed by atoms with E-state index < -0.39 is 17.2 Å². The first-order valence-corrected chi connectivity index (χ1v) is 5.78. The van der Waals surface area contributed by atoms with E-state index in [1.54, 1.807) is 18.2 Å². The zero-order chi connectivity index (χ0) is 13.1. The number of hydrazine groups is 1. The van der Waals surface area contributed by atoms with E-state index in [2.05, 4.69) is 0 Å². The normalized spacial score (nSPS) is 17.3. The van der Waals surface area contributed by atoms with E-state index >= 15 is 0 Å². The minimum atomic E-state index is -0.960. The summed E-state index contributed by atoms with van der Waals surface area (Å²) >= 11 is 0.747. The molecule has 0 unspecified atom stereocenters. The number of imide groups is 1. The maximum Gasteiger partial charge on any atom is 0.331 e. The molecule has 0 bridgehead atoms. The van der Waals surface area contributed by atoms with Crippen molar-refractivity contribution < 1.29 is 14.4 Å². The van der Waals surface area contributed by atoms with Gasteiger partial charge >= 0.3 is 11.3 Å². The Bertz CT molecular complexity index is 542. The zero-order valence-electron chi connectivity index (χ0n) is 9.12. The fourth-order valence-electron chi connectivity index (χ4n) is 1.37. The summed E-state index contributed by atoms with van der Waals surface area (Å²) < 4.78 is 0. The van der Waals surface area contributed by atoms with Crippen molar-refractivity contribution in [2.75, 3.05) is 0 Å². The Morgan fingerprint density at radius 1 is 1.28 bits per heavy atom. The largest absolute Gasteiger partial charge is 0.350 e. The van der Waals surface area contributed by atoms with Crippen LogP contribution in [0.5, 0.6) is 0 Å². The monoisotopic (exact) mass is 263 g/mol. The highest BCUT2D eigenvalue weighted by atomic mass is 32.2. The molecule has 1 aromatic rings. The van der Waals surface area contributed by atoms with Crippen LogP contribution in [-0.4, -0.2) is 22.2 Å². The Morgan fingerprint density at radius 3 is 2.56 bits per heavy atom. The van der Waals surface area contributed by atoms with Crippen molar-refractivity contribution in [3.8, 4) is 0 Å². The number of primary amides is 1. The van der Waals surface area contributed by atoms with Crippen molar-refractivity contribution in [1.29, 1.82) is 0 Å². The first kappa shape index (κ1) is 12.2. The molecule has 0 atom stereocenters. The highest BCUT2D eigenvalue weighted by Gasteiger charge is 2.36. The van der Waals surface area contributed by atoms with Crippen molar-refractivity contribution in [2.45, 2.75) is 0 Å². The average molecular weight is 263 g/mol. The molecule has 18 heavy (non-hydrogen) atoms. The third-order valence-electron chi connectivity index (χ3n) is 2.11. The van der Waals surface area contributed by atoms with Crippen LogP contribution in [-0.2, 0) is 4.79 Å². The van der Waals surface area contributed by atoms with Gasteiger partial charge in [0.25, 0.3) is 5.91 Å². The molecular weight excluding hydrogens is 254 g/mol. The lowest BCUT2D eigenvalue weighted by Crippen LogP contribution is -2.47. The number of amides is 4. The van der Waals surface area contributed by atoms with Gasteiger partial charge in [-0.1, -0.05) is 30.3 Å². The summed E-state index contributed by atoms with van der Waals surface area (Å²) in [5, 5.41) is 0.0166. The molecule has 4 amide bonds. The van der Waals surface area contributed by atoms with E-state index in [9.17, 15) is 14.4 Å².